The molecule has 5 heteroatoms. The Kier molecular flexibility index (Phi) is 4.13. The topological polar surface area (TPSA) is 91.7 Å². The second kappa shape index (κ2) is 6.00. The smallest absolute Gasteiger partial charge is 0.336 e. The van der Waals surface area contributed by atoms with Gasteiger partial charge in [-0.3, -0.25) is 9.59 Å². The van der Waals surface area contributed by atoms with E-state index in [-0.39, 0.29) is 35.2 Å². The molecule has 0 aliphatic rings. The van der Waals surface area contributed by atoms with Gasteiger partial charge >= 0.3 is 5.97 Å². The maximum atomic E-state index is 12.1. The fraction of sp³-hybridized carbons (Fsp3) is 0.0625. The zero-order chi connectivity index (χ0) is 15.4. The van der Waals surface area contributed by atoms with Gasteiger partial charge < -0.3 is 10.2 Å². The van der Waals surface area contributed by atoms with E-state index in [4.69, 9.17) is 5.11 Å². The van der Waals surface area contributed by atoms with Crippen LogP contribution in [0.4, 0.5) is 0 Å². The third-order valence-corrected chi connectivity index (χ3v) is 3.10. The Hall–Kier alpha value is -2.95. The molecule has 0 fully saturated rings. The average molecular weight is 284 g/mol. The number of hydrogen-bond acceptors (Lipinski definition) is 4. The Bertz CT molecular complexity index is 704. The summed E-state index contributed by atoms with van der Waals surface area (Å²) in [5.41, 5.74) is 0.0853. The quantitative estimate of drug-likeness (QED) is 0.649. The molecular formula is C16H12O5. The molecule has 0 saturated heterocycles. The van der Waals surface area contributed by atoms with Crippen molar-refractivity contribution in [2.24, 2.45) is 0 Å². The summed E-state index contributed by atoms with van der Waals surface area (Å²) in [6, 6.07) is 11.1. The summed E-state index contributed by atoms with van der Waals surface area (Å²) in [5.74, 6) is -2.01. The van der Waals surface area contributed by atoms with Gasteiger partial charge in [-0.25, -0.2) is 4.79 Å². The Morgan fingerprint density at radius 1 is 1.05 bits per heavy atom. The summed E-state index contributed by atoms with van der Waals surface area (Å²) in [6.07, 6.45) is 0.159. The summed E-state index contributed by atoms with van der Waals surface area (Å²) in [6.45, 7) is 0. The van der Waals surface area contributed by atoms with Crippen LogP contribution in [0.25, 0.3) is 0 Å². The maximum absolute atomic E-state index is 12.1. The predicted octanol–water partition coefficient (Wildman–Crippen LogP) is 2.33. The minimum absolute atomic E-state index is 0.114. The molecule has 0 aromatic heterocycles. The second-order valence-corrected chi connectivity index (χ2v) is 4.42. The molecule has 0 heterocycles. The van der Waals surface area contributed by atoms with E-state index in [9.17, 15) is 19.5 Å². The number of aromatic hydroxyl groups is 1. The van der Waals surface area contributed by atoms with Crippen LogP contribution in [0.3, 0.4) is 0 Å². The molecule has 2 aromatic carbocycles. The number of carbonyl (C=O) groups excluding carboxylic acids is 2. The molecule has 2 rings (SSSR count). The Balaban J connectivity index is 2.36. The highest BCUT2D eigenvalue weighted by atomic mass is 16.4. The molecule has 0 unspecified atom stereocenters. The third-order valence-electron chi connectivity index (χ3n) is 3.10. The number of phenols is 1. The van der Waals surface area contributed by atoms with Crippen molar-refractivity contribution in [2.45, 2.75) is 6.42 Å². The van der Waals surface area contributed by atoms with Crippen LogP contribution in [0, 0.1) is 0 Å². The standard InChI is InChI=1S/C16H12O5/c17-9-13-12(16(20)21)7-6-11(15(13)19)8-14(18)10-4-2-1-3-5-10/h1-7,9,19H,8H2,(H,20,21). The summed E-state index contributed by atoms with van der Waals surface area (Å²) in [5, 5.41) is 18.9. The maximum Gasteiger partial charge on any atom is 0.336 e. The Labute approximate surface area is 120 Å². The lowest BCUT2D eigenvalue weighted by Crippen LogP contribution is -2.07. The molecule has 0 amide bonds. The van der Waals surface area contributed by atoms with Gasteiger partial charge in [-0.05, 0) is 6.07 Å². The molecule has 0 saturated carbocycles. The number of rotatable bonds is 5. The number of phenolic OH excluding ortho intramolecular Hbond substituents is 1. The van der Waals surface area contributed by atoms with Crippen LogP contribution in [-0.2, 0) is 6.42 Å². The van der Waals surface area contributed by atoms with Crippen molar-refractivity contribution in [3.63, 3.8) is 0 Å². The van der Waals surface area contributed by atoms with Crippen molar-refractivity contribution in [1.82, 2.24) is 0 Å². The van der Waals surface area contributed by atoms with Crippen LogP contribution >= 0.6 is 0 Å². The van der Waals surface area contributed by atoms with E-state index in [0.29, 0.717) is 5.56 Å². The lowest BCUT2D eigenvalue weighted by atomic mass is 9.97. The van der Waals surface area contributed by atoms with E-state index in [1.54, 1.807) is 30.3 Å². The minimum atomic E-state index is -1.31. The van der Waals surface area contributed by atoms with Gasteiger partial charge in [0.05, 0.1) is 11.1 Å². The highest BCUT2D eigenvalue weighted by molar-refractivity contribution is 6.01. The van der Waals surface area contributed by atoms with E-state index in [2.05, 4.69) is 0 Å². The molecule has 0 aliphatic carbocycles. The number of hydrogen-bond donors (Lipinski definition) is 2. The van der Waals surface area contributed by atoms with Gasteiger partial charge in [0.2, 0.25) is 0 Å². The number of carbonyl (C=O) groups is 3. The lowest BCUT2D eigenvalue weighted by molar-refractivity contribution is 0.0693. The number of aldehydes is 1. The first-order valence-electron chi connectivity index (χ1n) is 6.16. The van der Waals surface area contributed by atoms with Crippen molar-refractivity contribution in [2.75, 3.05) is 0 Å². The third kappa shape index (κ3) is 2.97. The second-order valence-electron chi connectivity index (χ2n) is 4.42. The van der Waals surface area contributed by atoms with Gasteiger partial charge in [0, 0.05) is 17.5 Å². The first-order valence-corrected chi connectivity index (χ1v) is 6.16. The number of carboxylic acids is 1. The predicted molar refractivity (Wildman–Crippen MR) is 74.9 cm³/mol. The molecule has 0 aliphatic heterocycles. The Morgan fingerprint density at radius 2 is 1.71 bits per heavy atom. The lowest BCUT2D eigenvalue weighted by Gasteiger charge is -2.08. The minimum Gasteiger partial charge on any atom is -0.507 e. The largest absolute Gasteiger partial charge is 0.507 e. The average Bonchev–Trinajstić information content (AvgIpc) is 2.49. The van der Waals surface area contributed by atoms with E-state index in [1.165, 1.54) is 12.1 Å². The van der Waals surface area contributed by atoms with Crippen LogP contribution in [0.5, 0.6) is 5.75 Å². The zero-order valence-electron chi connectivity index (χ0n) is 10.9. The van der Waals surface area contributed by atoms with Crippen molar-refractivity contribution in [1.29, 1.82) is 0 Å². The molecule has 0 bridgehead atoms. The monoisotopic (exact) mass is 284 g/mol. The fourth-order valence-corrected chi connectivity index (χ4v) is 2.00. The van der Waals surface area contributed by atoms with Gasteiger partial charge in [-0.1, -0.05) is 36.4 Å². The number of benzene rings is 2. The molecule has 106 valence electrons. The van der Waals surface area contributed by atoms with E-state index < -0.39 is 11.7 Å². The molecule has 0 spiro atoms. The molecule has 0 atom stereocenters. The molecule has 2 aromatic rings. The van der Waals surface area contributed by atoms with Crippen LogP contribution in [-0.4, -0.2) is 28.3 Å². The van der Waals surface area contributed by atoms with Gasteiger partial charge in [-0.2, -0.15) is 0 Å². The zero-order valence-corrected chi connectivity index (χ0v) is 10.9. The number of carboxylic acid groups (broad SMARTS) is 1. The van der Waals surface area contributed by atoms with Gasteiger partial charge in [-0.15, -0.1) is 0 Å². The van der Waals surface area contributed by atoms with Crippen LogP contribution < -0.4 is 0 Å². The first kappa shape index (κ1) is 14.5. The van der Waals surface area contributed by atoms with E-state index >= 15 is 0 Å². The van der Waals surface area contributed by atoms with Crippen molar-refractivity contribution >= 4 is 18.0 Å². The number of aromatic carboxylic acids is 1. The summed E-state index contributed by atoms with van der Waals surface area (Å²) in [4.78, 5) is 34.0. The van der Waals surface area contributed by atoms with E-state index in [0.717, 1.165) is 0 Å². The van der Waals surface area contributed by atoms with Gasteiger partial charge in [0.15, 0.2) is 12.1 Å². The number of ketones is 1. The normalized spacial score (nSPS) is 10.1. The molecule has 0 radical (unpaired) electrons. The number of Topliss-reactive ketones (excluding diaryl/α,β-unsaturated/α-hetero) is 1. The van der Waals surface area contributed by atoms with E-state index in [1.807, 2.05) is 0 Å². The van der Waals surface area contributed by atoms with Crippen LogP contribution in [0.1, 0.15) is 36.6 Å². The molecule has 2 N–H and O–H groups in total. The summed E-state index contributed by atoms with van der Waals surface area (Å²) in [7, 11) is 0. The SMILES string of the molecule is O=Cc1c(C(=O)O)ccc(CC(=O)c2ccccc2)c1O. The highest BCUT2D eigenvalue weighted by Gasteiger charge is 2.18. The van der Waals surface area contributed by atoms with Crippen molar-refractivity contribution < 1.29 is 24.6 Å². The van der Waals surface area contributed by atoms with Crippen LogP contribution in [0.2, 0.25) is 0 Å². The summed E-state index contributed by atoms with van der Waals surface area (Å²) >= 11 is 0. The van der Waals surface area contributed by atoms with Gasteiger partial charge in [0.1, 0.15) is 5.75 Å². The molecule has 5 nitrogen and oxygen atoms in total. The van der Waals surface area contributed by atoms with Crippen molar-refractivity contribution in [3.05, 3.63) is 64.7 Å². The van der Waals surface area contributed by atoms with Gasteiger partial charge in [0.25, 0.3) is 0 Å². The van der Waals surface area contributed by atoms with Crippen LogP contribution in [0.15, 0.2) is 42.5 Å². The first-order chi connectivity index (χ1) is 10.0. The fourth-order valence-electron chi connectivity index (χ4n) is 2.00. The highest BCUT2D eigenvalue weighted by Crippen LogP contribution is 2.26. The van der Waals surface area contributed by atoms with Crippen molar-refractivity contribution in [3.8, 4) is 5.75 Å². The summed E-state index contributed by atoms with van der Waals surface area (Å²) < 4.78 is 0. The molecule has 21 heavy (non-hydrogen) atoms. The Morgan fingerprint density at radius 3 is 2.29 bits per heavy atom. The molecular weight excluding hydrogens is 272 g/mol.